The zero-order valence-electron chi connectivity index (χ0n) is 12.6. The quantitative estimate of drug-likeness (QED) is 0.774. The molecule has 0 unspecified atom stereocenters. The number of rotatable bonds is 5. The summed E-state index contributed by atoms with van der Waals surface area (Å²) in [5.41, 5.74) is 1.73. The maximum absolute atomic E-state index is 13.0. The van der Waals surface area contributed by atoms with Gasteiger partial charge in [-0.3, -0.25) is 0 Å². The van der Waals surface area contributed by atoms with Gasteiger partial charge in [-0.1, -0.05) is 18.2 Å². The zero-order valence-corrected chi connectivity index (χ0v) is 12.6. The van der Waals surface area contributed by atoms with Gasteiger partial charge in [0, 0.05) is 17.9 Å². The van der Waals surface area contributed by atoms with Crippen molar-refractivity contribution in [3.63, 3.8) is 0 Å². The molecule has 0 aliphatic rings. The molecule has 1 N–H and O–H groups in total. The first-order valence-electron chi connectivity index (χ1n) is 7.31. The summed E-state index contributed by atoms with van der Waals surface area (Å²) in [4.78, 5) is 6.52. The molecule has 1 aromatic heterocycles. The topological polar surface area (TPSA) is 53.9 Å². The van der Waals surface area contributed by atoms with Crippen molar-refractivity contribution in [1.82, 2.24) is 15.2 Å². The third-order valence-electron chi connectivity index (χ3n) is 3.31. The van der Waals surface area contributed by atoms with E-state index in [2.05, 4.69) is 20.5 Å². The maximum Gasteiger partial charge on any atom is 0.249 e. The average molecular weight is 309 g/mol. The minimum Gasteiger partial charge on any atom is -0.325 e. The Balaban J connectivity index is 1.85. The van der Waals surface area contributed by atoms with Gasteiger partial charge in [0.25, 0.3) is 0 Å². The number of nitrogens with zero attached hydrogens (tertiary/aromatic N) is 4. The van der Waals surface area contributed by atoms with Crippen LogP contribution in [0.5, 0.6) is 0 Å². The molecule has 0 atom stereocenters. The molecule has 0 aliphatic carbocycles. The molecule has 1 heterocycles. The molecule has 5 nitrogen and oxygen atoms in total. The van der Waals surface area contributed by atoms with Crippen molar-refractivity contribution in [1.29, 1.82) is 0 Å². The molecule has 0 saturated carbocycles. The van der Waals surface area contributed by atoms with E-state index in [1.54, 1.807) is 18.3 Å². The highest BCUT2D eigenvalue weighted by molar-refractivity contribution is 5.61. The summed E-state index contributed by atoms with van der Waals surface area (Å²) < 4.78 is 13.0. The molecule has 0 radical (unpaired) electrons. The number of para-hydroxylation sites is 1. The maximum atomic E-state index is 13.0. The summed E-state index contributed by atoms with van der Waals surface area (Å²) in [7, 11) is 0. The zero-order chi connectivity index (χ0) is 16.1. The lowest BCUT2D eigenvalue weighted by molar-refractivity contribution is 0.628. The van der Waals surface area contributed by atoms with Crippen molar-refractivity contribution < 1.29 is 4.39 Å². The molecule has 2 aromatic carbocycles. The first kappa shape index (κ1) is 14.9. The van der Waals surface area contributed by atoms with Crippen LogP contribution in [0.4, 0.5) is 27.5 Å². The Hall–Kier alpha value is -3.02. The lowest BCUT2D eigenvalue weighted by atomic mass is 10.3. The second kappa shape index (κ2) is 6.83. The lowest BCUT2D eigenvalue weighted by Crippen LogP contribution is -2.18. The van der Waals surface area contributed by atoms with E-state index < -0.39 is 0 Å². The Morgan fingerprint density at radius 2 is 1.78 bits per heavy atom. The summed E-state index contributed by atoms with van der Waals surface area (Å²) in [5, 5.41) is 11.0. The SMILES string of the molecule is CCN(c1ccccc1)c1cnnc(Nc2ccc(F)cc2)n1. The summed E-state index contributed by atoms with van der Waals surface area (Å²) in [5.74, 6) is 0.770. The van der Waals surface area contributed by atoms with Gasteiger partial charge in [0.2, 0.25) is 5.95 Å². The number of benzene rings is 2. The van der Waals surface area contributed by atoms with Gasteiger partial charge in [-0.2, -0.15) is 10.1 Å². The van der Waals surface area contributed by atoms with Crippen molar-refractivity contribution in [2.24, 2.45) is 0 Å². The van der Waals surface area contributed by atoms with Crippen LogP contribution in [-0.2, 0) is 0 Å². The molecule has 0 aliphatic heterocycles. The van der Waals surface area contributed by atoms with Crippen molar-refractivity contribution in [2.75, 3.05) is 16.8 Å². The fourth-order valence-electron chi connectivity index (χ4n) is 2.23. The number of halogens is 1. The second-order valence-corrected chi connectivity index (χ2v) is 4.85. The minimum atomic E-state index is -0.287. The van der Waals surface area contributed by atoms with E-state index in [9.17, 15) is 4.39 Å². The number of anilines is 4. The average Bonchev–Trinajstić information content (AvgIpc) is 2.59. The molecule has 23 heavy (non-hydrogen) atoms. The number of aromatic nitrogens is 3. The van der Waals surface area contributed by atoms with Crippen LogP contribution in [0.2, 0.25) is 0 Å². The Bertz CT molecular complexity index is 761. The standard InChI is InChI=1S/C17H16FN5/c1-2-23(15-6-4-3-5-7-15)16-12-19-22-17(21-16)20-14-10-8-13(18)9-11-14/h3-12H,2H2,1H3,(H,20,21,22). The predicted molar refractivity (Wildman–Crippen MR) is 88.6 cm³/mol. The van der Waals surface area contributed by atoms with Crippen molar-refractivity contribution in [3.05, 3.63) is 66.6 Å². The Morgan fingerprint density at radius 3 is 2.48 bits per heavy atom. The lowest BCUT2D eigenvalue weighted by Gasteiger charge is -2.21. The second-order valence-electron chi connectivity index (χ2n) is 4.85. The summed E-state index contributed by atoms with van der Waals surface area (Å²) in [6.07, 6.45) is 1.62. The highest BCUT2D eigenvalue weighted by atomic mass is 19.1. The molecule has 0 bridgehead atoms. The van der Waals surface area contributed by atoms with Crippen LogP contribution in [-0.4, -0.2) is 21.7 Å². The molecule has 3 rings (SSSR count). The third kappa shape index (κ3) is 3.60. The molecule has 0 fully saturated rings. The molecular weight excluding hydrogens is 293 g/mol. The van der Waals surface area contributed by atoms with Gasteiger partial charge in [-0.25, -0.2) is 4.39 Å². The molecule has 0 spiro atoms. The number of hydrogen-bond donors (Lipinski definition) is 1. The summed E-state index contributed by atoms with van der Waals surface area (Å²) in [6.45, 7) is 2.79. The fraction of sp³-hybridized carbons (Fsp3) is 0.118. The van der Waals surface area contributed by atoms with E-state index in [4.69, 9.17) is 0 Å². The highest BCUT2D eigenvalue weighted by Crippen LogP contribution is 2.23. The van der Waals surface area contributed by atoms with E-state index in [0.717, 1.165) is 12.2 Å². The van der Waals surface area contributed by atoms with Crippen LogP contribution < -0.4 is 10.2 Å². The molecule has 6 heteroatoms. The molecule has 0 saturated heterocycles. The van der Waals surface area contributed by atoms with Crippen molar-refractivity contribution in [2.45, 2.75) is 6.92 Å². The van der Waals surface area contributed by atoms with Crippen LogP contribution in [0, 0.1) is 5.82 Å². The molecule has 116 valence electrons. The Morgan fingerprint density at radius 1 is 1.04 bits per heavy atom. The van der Waals surface area contributed by atoms with E-state index in [1.807, 2.05) is 42.2 Å². The minimum absolute atomic E-state index is 0.287. The number of hydrogen-bond acceptors (Lipinski definition) is 5. The van der Waals surface area contributed by atoms with Gasteiger partial charge in [0.15, 0.2) is 5.82 Å². The van der Waals surface area contributed by atoms with E-state index in [-0.39, 0.29) is 5.82 Å². The van der Waals surface area contributed by atoms with Crippen LogP contribution in [0.3, 0.4) is 0 Å². The highest BCUT2D eigenvalue weighted by Gasteiger charge is 2.10. The van der Waals surface area contributed by atoms with Gasteiger partial charge in [0.05, 0.1) is 6.20 Å². The predicted octanol–water partition coefficient (Wildman–Crippen LogP) is 3.91. The number of nitrogens with one attached hydrogen (secondary N) is 1. The Kier molecular flexibility index (Phi) is 4.42. The van der Waals surface area contributed by atoms with Gasteiger partial charge >= 0.3 is 0 Å². The van der Waals surface area contributed by atoms with Crippen LogP contribution in [0.1, 0.15) is 6.92 Å². The van der Waals surface area contributed by atoms with E-state index >= 15 is 0 Å². The first-order valence-corrected chi connectivity index (χ1v) is 7.31. The van der Waals surface area contributed by atoms with Crippen LogP contribution in [0.15, 0.2) is 60.8 Å². The van der Waals surface area contributed by atoms with Crippen molar-refractivity contribution >= 4 is 23.1 Å². The fourth-order valence-corrected chi connectivity index (χ4v) is 2.23. The summed E-state index contributed by atoms with van der Waals surface area (Å²) >= 11 is 0. The molecular formula is C17H16FN5. The van der Waals surface area contributed by atoms with Gasteiger partial charge < -0.3 is 10.2 Å². The van der Waals surface area contributed by atoms with Gasteiger partial charge in [-0.05, 0) is 43.3 Å². The summed E-state index contributed by atoms with van der Waals surface area (Å²) in [6, 6.07) is 16.0. The monoisotopic (exact) mass is 309 g/mol. The van der Waals surface area contributed by atoms with Crippen molar-refractivity contribution in [3.8, 4) is 0 Å². The largest absolute Gasteiger partial charge is 0.325 e. The van der Waals surface area contributed by atoms with E-state index in [1.165, 1.54) is 12.1 Å². The van der Waals surface area contributed by atoms with E-state index in [0.29, 0.717) is 17.5 Å². The van der Waals surface area contributed by atoms with Crippen LogP contribution in [0.25, 0.3) is 0 Å². The van der Waals surface area contributed by atoms with Gasteiger partial charge in [-0.15, -0.1) is 5.10 Å². The Labute approximate surface area is 133 Å². The normalized spacial score (nSPS) is 10.3. The first-order chi connectivity index (χ1) is 11.3. The molecule has 0 amide bonds. The third-order valence-corrected chi connectivity index (χ3v) is 3.31. The van der Waals surface area contributed by atoms with Gasteiger partial charge in [0.1, 0.15) is 5.82 Å². The van der Waals surface area contributed by atoms with Crippen LogP contribution >= 0.6 is 0 Å². The smallest absolute Gasteiger partial charge is 0.249 e. The molecule has 3 aromatic rings.